The van der Waals surface area contributed by atoms with Gasteiger partial charge in [0.05, 0.1) is 23.7 Å². The van der Waals surface area contributed by atoms with Gasteiger partial charge in [0, 0.05) is 43.3 Å². The smallest absolute Gasteiger partial charge is 0.205 e. The van der Waals surface area contributed by atoms with Crippen LogP contribution in [-0.4, -0.2) is 53.2 Å². The first-order valence-corrected chi connectivity index (χ1v) is 9.77. The fraction of sp³-hybridized carbons (Fsp3) is 0.350. The van der Waals surface area contributed by atoms with E-state index in [1.165, 1.54) is 23.5 Å². The Morgan fingerprint density at radius 1 is 1.22 bits per heavy atom. The number of carbonyl (C=O) groups excluding carboxylic acids is 1. The van der Waals surface area contributed by atoms with Gasteiger partial charge in [-0.25, -0.2) is 4.39 Å². The number of aromatic nitrogens is 1. The zero-order valence-electron chi connectivity index (χ0n) is 15.1. The van der Waals surface area contributed by atoms with Gasteiger partial charge in [0.1, 0.15) is 16.4 Å². The summed E-state index contributed by atoms with van der Waals surface area (Å²) in [5.41, 5.74) is 1.13. The van der Waals surface area contributed by atoms with Gasteiger partial charge in [-0.05, 0) is 31.2 Å². The maximum Gasteiger partial charge on any atom is 0.205 e. The lowest BCUT2D eigenvalue weighted by molar-refractivity contribution is 0.0365. The molecule has 5 nitrogen and oxygen atoms in total. The van der Waals surface area contributed by atoms with E-state index in [9.17, 15) is 14.3 Å². The summed E-state index contributed by atoms with van der Waals surface area (Å²) < 4.78 is 21.7. The van der Waals surface area contributed by atoms with Crippen LogP contribution in [0.5, 0.6) is 5.75 Å². The fourth-order valence-electron chi connectivity index (χ4n) is 3.45. The van der Waals surface area contributed by atoms with Gasteiger partial charge in [-0.3, -0.25) is 9.69 Å². The normalized spacial score (nSPS) is 15.5. The quantitative estimate of drug-likeness (QED) is 0.681. The van der Waals surface area contributed by atoms with Gasteiger partial charge >= 0.3 is 0 Å². The van der Waals surface area contributed by atoms with E-state index in [1.807, 2.05) is 6.07 Å². The van der Waals surface area contributed by atoms with Crippen molar-refractivity contribution in [3.63, 3.8) is 0 Å². The van der Waals surface area contributed by atoms with Crippen molar-refractivity contribution in [1.82, 2.24) is 9.47 Å². The lowest BCUT2D eigenvalue weighted by Gasteiger charge is -2.26. The molecule has 0 unspecified atom stereocenters. The lowest BCUT2D eigenvalue weighted by Crippen LogP contribution is -2.38. The summed E-state index contributed by atoms with van der Waals surface area (Å²) >= 11 is 1.39. The Morgan fingerprint density at radius 3 is 2.74 bits per heavy atom. The van der Waals surface area contributed by atoms with E-state index >= 15 is 0 Å². The van der Waals surface area contributed by atoms with E-state index < -0.39 is 5.82 Å². The lowest BCUT2D eigenvalue weighted by atomic mass is 10.1. The van der Waals surface area contributed by atoms with Crippen LogP contribution in [0.1, 0.15) is 20.9 Å². The zero-order chi connectivity index (χ0) is 19.0. The van der Waals surface area contributed by atoms with E-state index in [1.54, 1.807) is 0 Å². The molecule has 4 rings (SSSR count). The van der Waals surface area contributed by atoms with Gasteiger partial charge in [-0.1, -0.05) is 0 Å². The van der Waals surface area contributed by atoms with Crippen molar-refractivity contribution in [3.05, 3.63) is 52.3 Å². The number of halogens is 1. The molecule has 142 valence electrons. The highest BCUT2D eigenvalue weighted by molar-refractivity contribution is 7.20. The predicted molar refractivity (Wildman–Crippen MR) is 103 cm³/mol. The van der Waals surface area contributed by atoms with Crippen LogP contribution in [0.2, 0.25) is 0 Å². The van der Waals surface area contributed by atoms with Gasteiger partial charge in [-0.15, -0.1) is 11.3 Å². The molecule has 0 radical (unpaired) electrons. The van der Waals surface area contributed by atoms with Crippen LogP contribution in [0.3, 0.4) is 0 Å². The second kappa shape index (κ2) is 7.42. The number of rotatable bonds is 5. The average molecular weight is 388 g/mol. The molecule has 7 heteroatoms. The minimum atomic E-state index is -0.704. The number of aromatic hydroxyl groups is 1. The minimum Gasteiger partial charge on any atom is -0.508 e. The van der Waals surface area contributed by atoms with Crippen molar-refractivity contribution < 1.29 is 19.0 Å². The van der Waals surface area contributed by atoms with Crippen molar-refractivity contribution in [2.45, 2.75) is 13.5 Å². The molecule has 0 atom stereocenters. The summed E-state index contributed by atoms with van der Waals surface area (Å²) in [5.74, 6) is -1.25. The van der Waals surface area contributed by atoms with E-state index in [0.717, 1.165) is 61.4 Å². The van der Waals surface area contributed by atoms with Crippen molar-refractivity contribution in [3.8, 4) is 5.75 Å². The van der Waals surface area contributed by atoms with Crippen LogP contribution >= 0.6 is 11.3 Å². The number of carbonyl (C=O) groups is 1. The molecule has 27 heavy (non-hydrogen) atoms. The van der Waals surface area contributed by atoms with Gasteiger partial charge in [0.25, 0.3) is 0 Å². The maximum absolute atomic E-state index is 14.0. The summed E-state index contributed by atoms with van der Waals surface area (Å²) in [6.07, 6.45) is 0. The molecule has 0 aliphatic carbocycles. The minimum absolute atomic E-state index is 0.0201. The predicted octanol–water partition coefficient (Wildman–Crippen LogP) is 3.42. The Bertz CT molecular complexity index is 989. The number of ketones is 1. The third-order valence-electron chi connectivity index (χ3n) is 4.94. The average Bonchev–Trinajstić information content (AvgIpc) is 3.17. The molecule has 1 fully saturated rings. The second-order valence-corrected chi connectivity index (χ2v) is 7.79. The number of phenols is 1. The Hall–Kier alpha value is -2.22. The summed E-state index contributed by atoms with van der Waals surface area (Å²) in [6.45, 7) is 7.27. The highest BCUT2D eigenvalue weighted by Crippen LogP contribution is 2.31. The number of benzene rings is 1. The molecule has 0 amide bonds. The van der Waals surface area contributed by atoms with Crippen molar-refractivity contribution in [2.75, 3.05) is 32.8 Å². The second-order valence-electron chi connectivity index (χ2n) is 6.76. The molecule has 0 saturated carbocycles. The largest absolute Gasteiger partial charge is 0.508 e. The van der Waals surface area contributed by atoms with Crippen LogP contribution in [0, 0.1) is 12.7 Å². The van der Waals surface area contributed by atoms with Crippen LogP contribution in [0.15, 0.2) is 30.3 Å². The summed E-state index contributed by atoms with van der Waals surface area (Å²) in [4.78, 5) is 16.6. The molecule has 3 aromatic rings. The Balaban J connectivity index is 1.58. The Labute approximate surface area is 160 Å². The molecular weight excluding hydrogens is 367 g/mol. The molecule has 1 aliphatic heterocycles. The monoisotopic (exact) mass is 388 g/mol. The zero-order valence-corrected chi connectivity index (χ0v) is 15.9. The van der Waals surface area contributed by atoms with Crippen LogP contribution in [0.25, 0.3) is 10.2 Å². The number of aryl methyl sites for hydroxylation is 1. The third kappa shape index (κ3) is 3.63. The van der Waals surface area contributed by atoms with E-state index in [4.69, 9.17) is 4.74 Å². The van der Waals surface area contributed by atoms with Crippen LogP contribution in [-0.2, 0) is 11.3 Å². The first-order chi connectivity index (χ1) is 13.0. The molecule has 1 aromatic carbocycles. The number of ether oxygens (including phenoxy) is 1. The highest BCUT2D eigenvalue weighted by atomic mass is 32.1. The number of nitrogens with zero attached hydrogens (tertiary/aromatic N) is 2. The maximum atomic E-state index is 14.0. The molecule has 1 N–H and O–H groups in total. The van der Waals surface area contributed by atoms with Crippen LogP contribution < -0.4 is 0 Å². The summed E-state index contributed by atoms with van der Waals surface area (Å²) in [6, 6.07) is 7.51. The fourth-order valence-corrected chi connectivity index (χ4v) is 4.63. The van der Waals surface area contributed by atoms with Gasteiger partial charge in [0.15, 0.2) is 0 Å². The number of hydrogen-bond acceptors (Lipinski definition) is 5. The number of thiophene rings is 1. The SMILES string of the molecule is Cc1cc2cc(C(=O)c3ccc(O)cc3F)sc2n1CCN1CCOCC1. The van der Waals surface area contributed by atoms with E-state index in [2.05, 4.69) is 22.5 Å². The van der Waals surface area contributed by atoms with E-state index in [0.29, 0.717) is 4.88 Å². The number of hydrogen-bond donors (Lipinski definition) is 1. The van der Waals surface area contributed by atoms with Crippen molar-refractivity contribution in [1.29, 1.82) is 0 Å². The summed E-state index contributed by atoms with van der Waals surface area (Å²) in [5, 5.41) is 10.3. The summed E-state index contributed by atoms with van der Waals surface area (Å²) in [7, 11) is 0. The number of morpholine rings is 1. The van der Waals surface area contributed by atoms with Crippen LogP contribution in [0.4, 0.5) is 4.39 Å². The Kier molecular flexibility index (Phi) is 4.99. The van der Waals surface area contributed by atoms with Crippen molar-refractivity contribution in [2.24, 2.45) is 0 Å². The first kappa shape index (κ1) is 18.2. The Morgan fingerprint density at radius 2 is 2.00 bits per heavy atom. The standard InChI is InChI=1S/C20H21FN2O3S/c1-13-10-14-11-18(19(25)16-3-2-15(24)12-17(16)21)27-20(14)23(13)5-4-22-6-8-26-9-7-22/h2-3,10-12,24H,4-9H2,1H3. The highest BCUT2D eigenvalue weighted by Gasteiger charge is 2.20. The molecular formula is C20H21FN2O3S. The van der Waals surface area contributed by atoms with Gasteiger partial charge < -0.3 is 14.4 Å². The van der Waals surface area contributed by atoms with Crippen molar-refractivity contribution >= 4 is 27.3 Å². The molecule has 1 saturated heterocycles. The molecule has 0 bridgehead atoms. The number of phenolic OH excluding ortho intramolecular Hbond substituents is 1. The topological polar surface area (TPSA) is 54.7 Å². The molecule has 3 heterocycles. The van der Waals surface area contributed by atoms with Gasteiger partial charge in [0.2, 0.25) is 5.78 Å². The molecule has 2 aromatic heterocycles. The third-order valence-corrected chi connectivity index (χ3v) is 6.11. The number of fused-ring (bicyclic) bond motifs is 1. The first-order valence-electron chi connectivity index (χ1n) is 8.96. The van der Waals surface area contributed by atoms with E-state index in [-0.39, 0.29) is 17.1 Å². The molecule has 1 aliphatic rings. The molecule has 0 spiro atoms. The van der Waals surface area contributed by atoms with Gasteiger partial charge in [-0.2, -0.15) is 0 Å².